The van der Waals surface area contributed by atoms with Gasteiger partial charge >= 0.3 is 6.09 Å². The normalized spacial score (nSPS) is 18.7. The Balaban J connectivity index is 1.53. The Bertz CT molecular complexity index is 990. The van der Waals surface area contributed by atoms with E-state index in [0.29, 0.717) is 25.8 Å². The molecule has 8 heteroatoms. The van der Waals surface area contributed by atoms with Crippen molar-refractivity contribution in [2.75, 3.05) is 19.9 Å². The van der Waals surface area contributed by atoms with Crippen LogP contribution in [-0.2, 0) is 27.4 Å². The number of carbonyl (C=O) groups is 3. The fourth-order valence-electron chi connectivity index (χ4n) is 5.10. The van der Waals surface area contributed by atoms with Crippen molar-refractivity contribution in [3.63, 3.8) is 0 Å². The van der Waals surface area contributed by atoms with Gasteiger partial charge in [0.25, 0.3) is 0 Å². The highest BCUT2D eigenvalue weighted by atomic mass is 16.5. The van der Waals surface area contributed by atoms with Crippen molar-refractivity contribution >= 4 is 23.9 Å². The number of ketones is 1. The SMILES string of the molecule is CCCCC(NC(=O)OCC(C)(C)CC=Cc1cccc2c1CN(CO)C2)C(=O)N1CCCC1C(C)=O. The zero-order valence-corrected chi connectivity index (χ0v) is 22.8. The minimum absolute atomic E-state index is 0.0105. The van der Waals surface area contributed by atoms with Crippen LogP contribution in [0.25, 0.3) is 6.08 Å². The van der Waals surface area contributed by atoms with Crippen LogP contribution in [0.4, 0.5) is 4.79 Å². The quantitative estimate of drug-likeness (QED) is 0.434. The number of Topliss-reactive ketones (excluding diaryl/α,β-unsaturated/α-hetero) is 1. The van der Waals surface area contributed by atoms with Crippen LogP contribution >= 0.6 is 0 Å². The number of unbranched alkanes of at least 4 members (excludes halogenated alkanes) is 1. The predicted octanol–water partition coefficient (Wildman–Crippen LogP) is 4.25. The number of nitrogens with zero attached hydrogens (tertiary/aromatic N) is 2. The first-order valence-electron chi connectivity index (χ1n) is 13.5. The lowest BCUT2D eigenvalue weighted by Gasteiger charge is -2.28. The number of hydrogen-bond donors (Lipinski definition) is 2. The molecule has 204 valence electrons. The van der Waals surface area contributed by atoms with Gasteiger partial charge in [-0.05, 0) is 49.3 Å². The monoisotopic (exact) mass is 513 g/mol. The molecule has 2 amide bonds. The minimum Gasteiger partial charge on any atom is -0.449 e. The fourth-order valence-corrected chi connectivity index (χ4v) is 5.10. The standard InChI is InChI=1S/C29H43N3O5/c1-5-6-13-25(27(35)32-16-9-14-26(32)21(2)34)30-28(36)37-19-29(3,4)15-8-12-22-10-7-11-23-17-31(20-33)18-24(22)23/h7-8,10-12,25-26,33H,5-6,9,13-20H2,1-4H3,(H,30,36). The van der Waals surface area contributed by atoms with Gasteiger partial charge in [0.15, 0.2) is 5.78 Å². The molecule has 3 rings (SSSR count). The first-order chi connectivity index (χ1) is 17.6. The van der Waals surface area contributed by atoms with Crippen molar-refractivity contribution in [2.45, 2.75) is 91.4 Å². The summed E-state index contributed by atoms with van der Waals surface area (Å²) in [5.41, 5.74) is 3.34. The van der Waals surface area contributed by atoms with Crippen LogP contribution in [0.3, 0.4) is 0 Å². The van der Waals surface area contributed by atoms with Crippen LogP contribution in [0, 0.1) is 5.41 Å². The van der Waals surface area contributed by atoms with Gasteiger partial charge in [-0.2, -0.15) is 0 Å². The van der Waals surface area contributed by atoms with Gasteiger partial charge in [0.2, 0.25) is 5.91 Å². The molecule has 0 radical (unpaired) electrons. The molecule has 1 aromatic rings. The summed E-state index contributed by atoms with van der Waals surface area (Å²) in [5, 5.41) is 12.2. The van der Waals surface area contributed by atoms with Gasteiger partial charge in [0, 0.05) is 25.0 Å². The van der Waals surface area contributed by atoms with E-state index in [1.54, 1.807) is 4.90 Å². The Morgan fingerprint density at radius 1 is 1.27 bits per heavy atom. The number of alkyl carbamates (subject to hydrolysis) is 1. The average Bonchev–Trinajstić information content (AvgIpc) is 3.52. The van der Waals surface area contributed by atoms with Crippen LogP contribution in [-0.4, -0.2) is 64.7 Å². The number of likely N-dealkylation sites (tertiary alicyclic amines) is 1. The summed E-state index contributed by atoms with van der Waals surface area (Å²) in [7, 11) is 0. The highest BCUT2D eigenvalue weighted by Crippen LogP contribution is 2.28. The van der Waals surface area contributed by atoms with E-state index >= 15 is 0 Å². The Morgan fingerprint density at radius 2 is 2.05 bits per heavy atom. The van der Waals surface area contributed by atoms with Crippen molar-refractivity contribution in [3.8, 4) is 0 Å². The number of ether oxygens (including phenoxy) is 1. The Morgan fingerprint density at radius 3 is 2.76 bits per heavy atom. The minimum atomic E-state index is -0.686. The number of hydrogen-bond acceptors (Lipinski definition) is 6. The van der Waals surface area contributed by atoms with Crippen LogP contribution in [0.1, 0.15) is 82.9 Å². The number of fused-ring (bicyclic) bond motifs is 1. The fraction of sp³-hybridized carbons (Fsp3) is 0.621. The van der Waals surface area contributed by atoms with E-state index < -0.39 is 18.2 Å². The number of aliphatic hydroxyl groups is 1. The largest absolute Gasteiger partial charge is 0.449 e. The number of nitrogens with one attached hydrogen (secondary N) is 1. The molecule has 2 heterocycles. The summed E-state index contributed by atoms with van der Waals surface area (Å²) < 4.78 is 5.55. The maximum absolute atomic E-state index is 13.2. The van der Waals surface area contributed by atoms with Crippen LogP contribution in [0.2, 0.25) is 0 Å². The van der Waals surface area contributed by atoms with Crippen molar-refractivity contribution in [3.05, 3.63) is 41.0 Å². The summed E-state index contributed by atoms with van der Waals surface area (Å²) in [5.74, 6) is -0.205. The molecule has 1 fully saturated rings. The molecule has 1 saturated heterocycles. The van der Waals surface area contributed by atoms with E-state index in [-0.39, 0.29) is 30.4 Å². The highest BCUT2D eigenvalue weighted by Gasteiger charge is 2.36. The third kappa shape index (κ3) is 7.89. The van der Waals surface area contributed by atoms with E-state index in [4.69, 9.17) is 4.74 Å². The molecule has 0 bridgehead atoms. The van der Waals surface area contributed by atoms with Gasteiger partial charge in [-0.15, -0.1) is 0 Å². The van der Waals surface area contributed by atoms with E-state index in [1.165, 1.54) is 18.1 Å². The number of allylic oxidation sites excluding steroid dienone is 1. The highest BCUT2D eigenvalue weighted by molar-refractivity contribution is 5.91. The third-order valence-electron chi connectivity index (χ3n) is 7.29. The van der Waals surface area contributed by atoms with Crippen molar-refractivity contribution < 1.29 is 24.2 Å². The molecule has 2 aliphatic heterocycles. The zero-order valence-electron chi connectivity index (χ0n) is 22.8. The van der Waals surface area contributed by atoms with Crippen LogP contribution in [0.15, 0.2) is 24.3 Å². The molecule has 0 spiro atoms. The van der Waals surface area contributed by atoms with Gasteiger partial charge in [0.05, 0.1) is 19.4 Å². The number of aliphatic hydroxyl groups excluding tert-OH is 1. The number of rotatable bonds is 12. The molecule has 0 saturated carbocycles. The second kappa shape index (κ2) is 13.2. The van der Waals surface area contributed by atoms with Crippen LogP contribution < -0.4 is 5.32 Å². The predicted molar refractivity (Wildman–Crippen MR) is 143 cm³/mol. The molecular formula is C29H43N3O5. The van der Waals surface area contributed by atoms with Crippen LogP contribution in [0.5, 0.6) is 0 Å². The van der Waals surface area contributed by atoms with Gasteiger partial charge in [-0.3, -0.25) is 14.5 Å². The molecular weight excluding hydrogens is 470 g/mol. The lowest BCUT2D eigenvalue weighted by Crippen LogP contribution is -2.51. The Kier molecular flexibility index (Phi) is 10.3. The molecule has 0 aromatic heterocycles. The second-order valence-electron chi connectivity index (χ2n) is 11.1. The van der Waals surface area contributed by atoms with Crippen molar-refractivity contribution in [1.29, 1.82) is 0 Å². The lowest BCUT2D eigenvalue weighted by molar-refractivity contribution is -0.138. The van der Waals surface area contributed by atoms with E-state index in [1.807, 2.05) is 31.7 Å². The second-order valence-corrected chi connectivity index (χ2v) is 11.1. The van der Waals surface area contributed by atoms with E-state index in [0.717, 1.165) is 37.9 Å². The molecule has 8 nitrogen and oxygen atoms in total. The van der Waals surface area contributed by atoms with Crippen molar-refractivity contribution in [2.24, 2.45) is 5.41 Å². The molecule has 2 unspecified atom stereocenters. The zero-order chi connectivity index (χ0) is 27.0. The smallest absolute Gasteiger partial charge is 0.407 e. The van der Waals surface area contributed by atoms with E-state index in [2.05, 4.69) is 29.6 Å². The topological polar surface area (TPSA) is 99.2 Å². The summed E-state index contributed by atoms with van der Waals surface area (Å²) in [4.78, 5) is 41.4. The summed E-state index contributed by atoms with van der Waals surface area (Å²) in [6.07, 6.45) is 8.00. The third-order valence-corrected chi connectivity index (χ3v) is 7.29. The van der Waals surface area contributed by atoms with Crippen molar-refractivity contribution in [1.82, 2.24) is 15.1 Å². The average molecular weight is 514 g/mol. The molecule has 37 heavy (non-hydrogen) atoms. The maximum atomic E-state index is 13.2. The molecule has 2 atom stereocenters. The van der Waals surface area contributed by atoms with E-state index in [9.17, 15) is 19.5 Å². The molecule has 2 N–H and O–H groups in total. The Labute approximate surface area is 221 Å². The summed E-state index contributed by atoms with van der Waals surface area (Å²) in [6, 6.07) is 5.14. The first kappa shape index (κ1) is 28.9. The Hall–Kier alpha value is -2.71. The molecule has 0 aliphatic carbocycles. The lowest BCUT2D eigenvalue weighted by atomic mass is 9.90. The van der Waals surface area contributed by atoms with Gasteiger partial charge in [-0.25, -0.2) is 4.79 Å². The van der Waals surface area contributed by atoms with Gasteiger partial charge < -0.3 is 20.1 Å². The number of amides is 2. The maximum Gasteiger partial charge on any atom is 0.407 e. The summed E-state index contributed by atoms with van der Waals surface area (Å²) in [6.45, 7) is 9.93. The van der Waals surface area contributed by atoms with Gasteiger partial charge in [-0.1, -0.05) is 64.0 Å². The number of benzene rings is 1. The van der Waals surface area contributed by atoms with Gasteiger partial charge in [0.1, 0.15) is 6.04 Å². The summed E-state index contributed by atoms with van der Waals surface area (Å²) >= 11 is 0. The molecule has 2 aliphatic rings. The molecule has 1 aromatic carbocycles. The number of carbonyl (C=O) groups excluding carboxylic acids is 3. The first-order valence-corrected chi connectivity index (χ1v) is 13.5.